The molecule has 2 saturated heterocycles. The van der Waals surface area contributed by atoms with Gasteiger partial charge in [0, 0.05) is 51.7 Å². The minimum Gasteiger partial charge on any atom is -0.340 e. The molecule has 2 fully saturated rings. The average Bonchev–Trinajstić information content (AvgIpc) is 2.52. The molecule has 2 heterocycles. The Morgan fingerprint density at radius 1 is 1.29 bits per heavy atom. The molecule has 2 rings (SSSR count). The van der Waals surface area contributed by atoms with Crippen LogP contribution in [0.25, 0.3) is 0 Å². The summed E-state index contributed by atoms with van der Waals surface area (Å²) < 4.78 is 0. The fourth-order valence-electron chi connectivity index (χ4n) is 3.67. The van der Waals surface area contributed by atoms with Gasteiger partial charge >= 0.3 is 0 Å². The lowest BCUT2D eigenvalue weighted by molar-refractivity contribution is -0.132. The molecule has 2 unspecified atom stereocenters. The van der Waals surface area contributed by atoms with Crippen molar-refractivity contribution in [2.45, 2.75) is 32.7 Å². The van der Waals surface area contributed by atoms with Crippen molar-refractivity contribution in [2.75, 3.05) is 59.4 Å². The summed E-state index contributed by atoms with van der Waals surface area (Å²) in [5.74, 6) is 1.01. The molecule has 0 radical (unpaired) electrons. The van der Waals surface area contributed by atoms with E-state index in [0.29, 0.717) is 24.3 Å². The van der Waals surface area contributed by atoms with Gasteiger partial charge in [-0.15, -0.1) is 0 Å². The molecule has 0 spiro atoms. The van der Waals surface area contributed by atoms with Gasteiger partial charge < -0.3 is 20.0 Å². The second-order valence-electron chi connectivity index (χ2n) is 6.59. The number of carbonyl (C=O) groups excluding carboxylic acids is 1. The Hall–Kier alpha value is -0.650. The summed E-state index contributed by atoms with van der Waals surface area (Å²) >= 11 is 0. The van der Waals surface area contributed by atoms with Crippen LogP contribution in [0, 0.1) is 5.92 Å². The van der Waals surface area contributed by atoms with Crippen LogP contribution >= 0.6 is 0 Å². The van der Waals surface area contributed by atoms with Gasteiger partial charge in [0.15, 0.2) is 0 Å². The predicted octanol–water partition coefficient (Wildman–Crippen LogP) is 0.470. The predicted molar refractivity (Wildman–Crippen MR) is 86.4 cm³/mol. The van der Waals surface area contributed by atoms with Crippen molar-refractivity contribution >= 4 is 5.91 Å². The molecule has 2 aliphatic rings. The fraction of sp³-hybridized carbons (Fsp3) is 0.938. The summed E-state index contributed by atoms with van der Waals surface area (Å²) in [5.41, 5.74) is 0. The van der Waals surface area contributed by atoms with E-state index >= 15 is 0 Å². The number of piperazine rings is 1. The Morgan fingerprint density at radius 3 is 2.62 bits per heavy atom. The molecular weight excluding hydrogens is 264 g/mol. The number of amides is 1. The van der Waals surface area contributed by atoms with Gasteiger partial charge in [-0.3, -0.25) is 4.79 Å². The highest BCUT2D eigenvalue weighted by atomic mass is 16.2. The second-order valence-corrected chi connectivity index (χ2v) is 6.59. The van der Waals surface area contributed by atoms with Crippen molar-refractivity contribution < 1.29 is 4.79 Å². The first-order valence-electron chi connectivity index (χ1n) is 8.53. The van der Waals surface area contributed by atoms with Crippen LogP contribution in [0.4, 0.5) is 0 Å². The molecular formula is C16H32N4O. The lowest BCUT2D eigenvalue weighted by atomic mass is 9.92. The SMILES string of the molecule is CCN1CCC(N(C)CCC(=O)N2CCNCC2)C(C)C1. The maximum atomic E-state index is 12.2. The molecule has 1 N–H and O–H groups in total. The third-order valence-corrected chi connectivity index (χ3v) is 5.11. The Morgan fingerprint density at radius 2 is 2.00 bits per heavy atom. The van der Waals surface area contributed by atoms with E-state index in [1.807, 2.05) is 4.90 Å². The molecule has 122 valence electrons. The van der Waals surface area contributed by atoms with Crippen molar-refractivity contribution in [3.63, 3.8) is 0 Å². The number of nitrogens with one attached hydrogen (secondary N) is 1. The van der Waals surface area contributed by atoms with Gasteiger partial charge in [0.25, 0.3) is 0 Å². The minimum absolute atomic E-state index is 0.321. The maximum absolute atomic E-state index is 12.2. The van der Waals surface area contributed by atoms with Gasteiger partial charge in [-0.2, -0.15) is 0 Å². The summed E-state index contributed by atoms with van der Waals surface area (Å²) in [6.45, 7) is 12.6. The molecule has 0 aromatic rings. The van der Waals surface area contributed by atoms with E-state index in [9.17, 15) is 4.79 Å². The lowest BCUT2D eigenvalue weighted by Gasteiger charge is -2.41. The number of piperidine rings is 1. The second kappa shape index (κ2) is 8.11. The molecule has 2 atom stereocenters. The van der Waals surface area contributed by atoms with Crippen LogP contribution < -0.4 is 5.32 Å². The van der Waals surface area contributed by atoms with Crippen LogP contribution in [-0.2, 0) is 4.79 Å². The topological polar surface area (TPSA) is 38.8 Å². The zero-order chi connectivity index (χ0) is 15.2. The highest BCUT2D eigenvalue weighted by Gasteiger charge is 2.28. The number of hydrogen-bond acceptors (Lipinski definition) is 4. The van der Waals surface area contributed by atoms with Crippen LogP contribution in [0.15, 0.2) is 0 Å². The van der Waals surface area contributed by atoms with Crippen molar-refractivity contribution in [3.8, 4) is 0 Å². The largest absolute Gasteiger partial charge is 0.340 e. The number of carbonyl (C=O) groups is 1. The van der Waals surface area contributed by atoms with Gasteiger partial charge in [-0.1, -0.05) is 13.8 Å². The zero-order valence-electron chi connectivity index (χ0n) is 14.0. The van der Waals surface area contributed by atoms with Gasteiger partial charge in [-0.05, 0) is 32.5 Å². The Labute approximate surface area is 129 Å². The van der Waals surface area contributed by atoms with Gasteiger partial charge in [-0.25, -0.2) is 0 Å². The number of rotatable bonds is 5. The van der Waals surface area contributed by atoms with Gasteiger partial charge in [0.05, 0.1) is 0 Å². The van der Waals surface area contributed by atoms with E-state index in [1.54, 1.807) is 0 Å². The first-order valence-corrected chi connectivity index (χ1v) is 8.53. The quantitative estimate of drug-likeness (QED) is 0.800. The third kappa shape index (κ3) is 4.66. The van der Waals surface area contributed by atoms with Crippen LogP contribution in [-0.4, -0.2) is 86.1 Å². The zero-order valence-corrected chi connectivity index (χ0v) is 14.0. The Kier molecular flexibility index (Phi) is 6.45. The molecule has 21 heavy (non-hydrogen) atoms. The first kappa shape index (κ1) is 16.7. The van der Waals surface area contributed by atoms with Crippen molar-refractivity contribution in [2.24, 2.45) is 5.92 Å². The average molecular weight is 296 g/mol. The van der Waals surface area contributed by atoms with Crippen molar-refractivity contribution in [1.29, 1.82) is 0 Å². The van der Waals surface area contributed by atoms with Crippen LogP contribution in [0.1, 0.15) is 26.7 Å². The first-order chi connectivity index (χ1) is 10.1. The third-order valence-electron chi connectivity index (χ3n) is 5.11. The maximum Gasteiger partial charge on any atom is 0.223 e. The monoisotopic (exact) mass is 296 g/mol. The summed E-state index contributed by atoms with van der Waals surface area (Å²) in [6.07, 6.45) is 1.89. The fourth-order valence-corrected chi connectivity index (χ4v) is 3.67. The van der Waals surface area contributed by atoms with Crippen LogP contribution in [0.5, 0.6) is 0 Å². The number of hydrogen-bond donors (Lipinski definition) is 1. The normalized spacial score (nSPS) is 28.1. The van der Waals surface area contributed by atoms with E-state index in [1.165, 1.54) is 19.5 Å². The molecule has 1 amide bonds. The molecule has 0 bridgehead atoms. The highest BCUT2D eigenvalue weighted by molar-refractivity contribution is 5.76. The van der Waals surface area contributed by atoms with Crippen LogP contribution in [0.2, 0.25) is 0 Å². The van der Waals surface area contributed by atoms with E-state index in [-0.39, 0.29) is 0 Å². The van der Waals surface area contributed by atoms with E-state index in [4.69, 9.17) is 0 Å². The molecule has 5 nitrogen and oxygen atoms in total. The molecule has 0 aromatic heterocycles. The van der Waals surface area contributed by atoms with E-state index in [2.05, 4.69) is 36.0 Å². The van der Waals surface area contributed by atoms with E-state index < -0.39 is 0 Å². The Balaban J connectivity index is 1.73. The summed E-state index contributed by atoms with van der Waals surface area (Å²) in [7, 11) is 2.19. The number of nitrogens with zero attached hydrogens (tertiary/aromatic N) is 3. The van der Waals surface area contributed by atoms with Crippen molar-refractivity contribution in [3.05, 3.63) is 0 Å². The summed E-state index contributed by atoms with van der Waals surface area (Å²) in [5, 5.41) is 3.29. The van der Waals surface area contributed by atoms with Gasteiger partial charge in [0.2, 0.25) is 5.91 Å². The Bertz CT molecular complexity index is 330. The number of likely N-dealkylation sites (tertiary alicyclic amines) is 1. The summed E-state index contributed by atoms with van der Waals surface area (Å²) in [6, 6.07) is 0.628. The molecule has 5 heteroatoms. The van der Waals surface area contributed by atoms with Crippen molar-refractivity contribution in [1.82, 2.24) is 20.0 Å². The molecule has 2 aliphatic heterocycles. The lowest BCUT2D eigenvalue weighted by Crippen LogP contribution is -2.50. The highest BCUT2D eigenvalue weighted by Crippen LogP contribution is 2.21. The summed E-state index contributed by atoms with van der Waals surface area (Å²) in [4.78, 5) is 19.2. The molecule has 0 aliphatic carbocycles. The molecule has 0 saturated carbocycles. The van der Waals surface area contributed by atoms with E-state index in [0.717, 1.165) is 39.3 Å². The minimum atomic E-state index is 0.321. The van der Waals surface area contributed by atoms with Crippen LogP contribution in [0.3, 0.4) is 0 Å². The molecule has 0 aromatic carbocycles. The standard InChI is InChI=1S/C16H32N4O/c1-4-19-10-5-15(14(2)13-19)18(3)9-6-16(21)20-11-7-17-8-12-20/h14-15,17H,4-13H2,1-3H3. The van der Waals surface area contributed by atoms with Gasteiger partial charge in [0.1, 0.15) is 0 Å². The smallest absolute Gasteiger partial charge is 0.223 e.